The third-order valence-corrected chi connectivity index (χ3v) is 3.74. The second-order valence-corrected chi connectivity index (χ2v) is 5.66. The molecule has 0 fully saturated rings. The second kappa shape index (κ2) is 7.44. The fraction of sp³-hybridized carbons (Fsp3) is 0.294. The van der Waals surface area contributed by atoms with Crippen LogP contribution in [0.3, 0.4) is 0 Å². The van der Waals surface area contributed by atoms with E-state index in [-0.39, 0.29) is 6.04 Å². The number of nitrogens with one attached hydrogen (secondary N) is 1. The van der Waals surface area contributed by atoms with Crippen LogP contribution in [-0.4, -0.2) is 6.04 Å². The number of halogens is 1. The molecule has 0 aliphatic rings. The lowest BCUT2D eigenvalue weighted by Crippen LogP contribution is -2.37. The molecule has 1 unspecified atom stereocenters. The summed E-state index contributed by atoms with van der Waals surface area (Å²) in [5, 5.41) is 0.775. The Labute approximate surface area is 125 Å². The third-order valence-electron chi connectivity index (χ3n) is 3.51. The lowest BCUT2D eigenvalue weighted by molar-refractivity contribution is 0.491. The van der Waals surface area contributed by atoms with E-state index >= 15 is 0 Å². The minimum absolute atomic E-state index is 0.259. The molecule has 106 valence electrons. The summed E-state index contributed by atoms with van der Waals surface area (Å²) in [5.74, 6) is 5.66. The summed E-state index contributed by atoms with van der Waals surface area (Å²) in [7, 11) is 0. The average molecular weight is 289 g/mol. The van der Waals surface area contributed by atoms with Gasteiger partial charge in [0, 0.05) is 11.1 Å². The van der Waals surface area contributed by atoms with E-state index in [2.05, 4.69) is 42.7 Å². The fourth-order valence-electron chi connectivity index (χ4n) is 2.29. The maximum absolute atomic E-state index is 6.01. The monoisotopic (exact) mass is 288 g/mol. The van der Waals surface area contributed by atoms with Crippen molar-refractivity contribution in [3.63, 3.8) is 0 Å². The van der Waals surface area contributed by atoms with E-state index in [1.165, 1.54) is 16.7 Å². The number of hydrazine groups is 1. The van der Waals surface area contributed by atoms with Crippen molar-refractivity contribution < 1.29 is 0 Å². The molecule has 0 amide bonds. The molecule has 2 nitrogen and oxygen atoms in total. The Morgan fingerprint density at radius 3 is 2.50 bits per heavy atom. The van der Waals surface area contributed by atoms with Gasteiger partial charge in [-0.05, 0) is 49.4 Å². The molecule has 0 aromatic heterocycles. The van der Waals surface area contributed by atoms with Crippen molar-refractivity contribution in [3.05, 3.63) is 70.2 Å². The van der Waals surface area contributed by atoms with Crippen molar-refractivity contribution in [2.24, 2.45) is 5.84 Å². The van der Waals surface area contributed by atoms with Crippen LogP contribution in [0.1, 0.15) is 23.1 Å². The molecule has 3 N–H and O–H groups in total. The molecule has 0 spiro atoms. The van der Waals surface area contributed by atoms with Crippen molar-refractivity contribution in [1.82, 2.24) is 5.43 Å². The van der Waals surface area contributed by atoms with Gasteiger partial charge in [0.15, 0.2) is 0 Å². The minimum atomic E-state index is 0.259. The summed E-state index contributed by atoms with van der Waals surface area (Å²) in [6, 6.07) is 16.9. The van der Waals surface area contributed by atoms with Gasteiger partial charge in [-0.15, -0.1) is 0 Å². The Kier molecular flexibility index (Phi) is 5.60. The Morgan fingerprint density at radius 1 is 1.10 bits per heavy atom. The van der Waals surface area contributed by atoms with E-state index in [1.807, 2.05) is 18.2 Å². The predicted molar refractivity (Wildman–Crippen MR) is 85.8 cm³/mol. The average Bonchev–Trinajstić information content (AvgIpc) is 2.45. The minimum Gasteiger partial charge on any atom is -0.271 e. The summed E-state index contributed by atoms with van der Waals surface area (Å²) >= 11 is 6.01. The highest BCUT2D eigenvalue weighted by molar-refractivity contribution is 6.30. The van der Waals surface area contributed by atoms with E-state index in [0.29, 0.717) is 0 Å². The number of hydrogen-bond donors (Lipinski definition) is 2. The molecule has 2 rings (SSSR count). The highest BCUT2D eigenvalue weighted by Gasteiger charge is 2.08. The Hall–Kier alpha value is -1.35. The summed E-state index contributed by atoms with van der Waals surface area (Å²) in [6.07, 6.45) is 2.92. The van der Waals surface area contributed by atoms with Crippen LogP contribution in [0.5, 0.6) is 0 Å². The molecule has 2 aromatic carbocycles. The molecule has 0 heterocycles. The summed E-state index contributed by atoms with van der Waals surface area (Å²) in [4.78, 5) is 0. The Morgan fingerprint density at radius 2 is 1.85 bits per heavy atom. The summed E-state index contributed by atoms with van der Waals surface area (Å²) < 4.78 is 0. The summed E-state index contributed by atoms with van der Waals surface area (Å²) in [5.41, 5.74) is 6.76. The lowest BCUT2D eigenvalue weighted by Gasteiger charge is -2.16. The fourth-order valence-corrected chi connectivity index (χ4v) is 2.50. The zero-order chi connectivity index (χ0) is 14.4. The maximum atomic E-state index is 6.01. The molecule has 0 saturated heterocycles. The molecular formula is C17H21ClN2. The van der Waals surface area contributed by atoms with Crippen LogP contribution < -0.4 is 11.3 Å². The quantitative estimate of drug-likeness (QED) is 0.629. The number of rotatable bonds is 6. The molecule has 20 heavy (non-hydrogen) atoms. The van der Waals surface area contributed by atoms with Crippen LogP contribution in [0, 0.1) is 6.92 Å². The first kappa shape index (κ1) is 15.0. The van der Waals surface area contributed by atoms with E-state index < -0.39 is 0 Å². The first-order valence-corrected chi connectivity index (χ1v) is 7.31. The molecular weight excluding hydrogens is 268 g/mol. The van der Waals surface area contributed by atoms with Crippen molar-refractivity contribution in [3.8, 4) is 0 Å². The van der Waals surface area contributed by atoms with Gasteiger partial charge in [0.05, 0.1) is 0 Å². The van der Waals surface area contributed by atoms with E-state index in [1.54, 1.807) is 0 Å². The number of benzene rings is 2. The van der Waals surface area contributed by atoms with Crippen LogP contribution in [0.25, 0.3) is 0 Å². The van der Waals surface area contributed by atoms with Gasteiger partial charge in [-0.3, -0.25) is 11.3 Å². The third kappa shape index (κ3) is 4.64. The van der Waals surface area contributed by atoms with Gasteiger partial charge in [0.25, 0.3) is 0 Å². The second-order valence-electron chi connectivity index (χ2n) is 5.22. The van der Waals surface area contributed by atoms with Crippen molar-refractivity contribution >= 4 is 11.6 Å². The molecule has 2 aromatic rings. The molecule has 0 bridgehead atoms. The van der Waals surface area contributed by atoms with Gasteiger partial charge in [-0.25, -0.2) is 0 Å². The zero-order valence-electron chi connectivity index (χ0n) is 11.8. The first-order chi connectivity index (χ1) is 9.67. The number of aryl methyl sites for hydroxylation is 2. The van der Waals surface area contributed by atoms with Crippen LogP contribution >= 0.6 is 11.6 Å². The number of hydrogen-bond acceptors (Lipinski definition) is 2. The SMILES string of the molecule is Cc1ccc(CCC(Cc2cccc(Cl)c2)NN)cc1. The number of nitrogens with two attached hydrogens (primary N) is 1. The molecule has 0 radical (unpaired) electrons. The van der Waals surface area contributed by atoms with Gasteiger partial charge in [-0.2, -0.15) is 0 Å². The van der Waals surface area contributed by atoms with Crippen LogP contribution in [0.2, 0.25) is 5.02 Å². The Balaban J connectivity index is 1.90. The lowest BCUT2D eigenvalue weighted by atomic mass is 9.99. The van der Waals surface area contributed by atoms with Crippen molar-refractivity contribution in [2.45, 2.75) is 32.2 Å². The molecule has 1 atom stereocenters. The molecule has 0 aliphatic heterocycles. The van der Waals surface area contributed by atoms with Crippen molar-refractivity contribution in [2.75, 3.05) is 0 Å². The molecule has 0 saturated carbocycles. The van der Waals surface area contributed by atoms with Gasteiger partial charge in [0.2, 0.25) is 0 Å². The van der Waals surface area contributed by atoms with Gasteiger partial charge in [-0.1, -0.05) is 53.6 Å². The maximum Gasteiger partial charge on any atom is 0.0408 e. The van der Waals surface area contributed by atoms with E-state index in [4.69, 9.17) is 17.4 Å². The van der Waals surface area contributed by atoms with E-state index in [9.17, 15) is 0 Å². The smallest absolute Gasteiger partial charge is 0.0408 e. The van der Waals surface area contributed by atoms with Crippen LogP contribution in [0.4, 0.5) is 0 Å². The predicted octanol–water partition coefficient (Wildman–Crippen LogP) is 3.66. The van der Waals surface area contributed by atoms with Crippen LogP contribution in [0.15, 0.2) is 48.5 Å². The molecule has 3 heteroatoms. The van der Waals surface area contributed by atoms with Crippen LogP contribution in [-0.2, 0) is 12.8 Å². The highest BCUT2D eigenvalue weighted by atomic mass is 35.5. The standard InChI is InChI=1S/C17H21ClN2/c1-13-5-7-14(8-6-13)9-10-17(20-19)12-15-3-2-4-16(18)11-15/h2-8,11,17,20H,9-10,12,19H2,1H3. The van der Waals surface area contributed by atoms with Gasteiger partial charge >= 0.3 is 0 Å². The normalized spacial score (nSPS) is 12.3. The van der Waals surface area contributed by atoms with E-state index in [0.717, 1.165) is 24.3 Å². The molecule has 0 aliphatic carbocycles. The van der Waals surface area contributed by atoms with Gasteiger partial charge < -0.3 is 0 Å². The Bertz CT molecular complexity index is 537. The van der Waals surface area contributed by atoms with Gasteiger partial charge in [0.1, 0.15) is 0 Å². The largest absolute Gasteiger partial charge is 0.271 e. The topological polar surface area (TPSA) is 38.0 Å². The summed E-state index contributed by atoms with van der Waals surface area (Å²) in [6.45, 7) is 2.10. The first-order valence-electron chi connectivity index (χ1n) is 6.93. The van der Waals surface area contributed by atoms with Crippen molar-refractivity contribution in [1.29, 1.82) is 0 Å². The highest BCUT2D eigenvalue weighted by Crippen LogP contribution is 2.14. The zero-order valence-corrected chi connectivity index (χ0v) is 12.5.